The zero-order valence-electron chi connectivity index (χ0n) is 17.6. The molecule has 0 aromatic rings. The Morgan fingerprint density at radius 3 is 2.64 bits per heavy atom. The third-order valence-electron chi connectivity index (χ3n) is 4.10. The van der Waals surface area contributed by atoms with Gasteiger partial charge in [-0.25, -0.2) is 0 Å². The van der Waals surface area contributed by atoms with E-state index in [2.05, 4.69) is 69.1 Å². The van der Waals surface area contributed by atoms with Crippen molar-refractivity contribution in [3.8, 4) is 0 Å². The predicted octanol–water partition coefficient (Wildman–Crippen LogP) is 1.49. The van der Waals surface area contributed by atoms with E-state index in [4.69, 9.17) is 9.73 Å². The van der Waals surface area contributed by atoms with Crippen molar-refractivity contribution < 1.29 is 4.74 Å². The lowest BCUT2D eigenvalue weighted by molar-refractivity contribution is -0.0284. The maximum Gasteiger partial charge on any atom is 0.191 e. The third-order valence-corrected chi connectivity index (χ3v) is 4.10. The van der Waals surface area contributed by atoms with E-state index in [1.54, 1.807) is 0 Å². The van der Waals surface area contributed by atoms with E-state index in [0.717, 1.165) is 58.4 Å². The van der Waals surface area contributed by atoms with Crippen molar-refractivity contribution in [3.63, 3.8) is 0 Å². The van der Waals surface area contributed by atoms with Crippen molar-refractivity contribution in [2.45, 2.75) is 40.7 Å². The van der Waals surface area contributed by atoms with Gasteiger partial charge in [0.05, 0.1) is 12.7 Å². The molecular weight excluding hydrogens is 314 g/mol. The molecule has 0 amide bonds. The van der Waals surface area contributed by atoms with Gasteiger partial charge in [0.25, 0.3) is 0 Å². The van der Waals surface area contributed by atoms with Gasteiger partial charge in [-0.15, -0.1) is 0 Å². The molecule has 1 unspecified atom stereocenters. The van der Waals surface area contributed by atoms with Gasteiger partial charge in [-0.05, 0) is 32.4 Å². The Balaban J connectivity index is 2.50. The van der Waals surface area contributed by atoms with Gasteiger partial charge >= 0.3 is 0 Å². The molecule has 0 saturated carbocycles. The van der Waals surface area contributed by atoms with Gasteiger partial charge in [0.1, 0.15) is 0 Å². The van der Waals surface area contributed by atoms with Crippen molar-refractivity contribution >= 4 is 5.96 Å². The number of aliphatic imine (C=N–C) groups is 1. The van der Waals surface area contributed by atoms with E-state index in [1.807, 2.05) is 0 Å². The number of ether oxygens (including phenoxy) is 1. The summed E-state index contributed by atoms with van der Waals surface area (Å²) in [7, 11) is 4.22. The second kappa shape index (κ2) is 11.0. The van der Waals surface area contributed by atoms with E-state index in [-0.39, 0.29) is 11.5 Å². The summed E-state index contributed by atoms with van der Waals surface area (Å²) in [6, 6.07) is 0. The second-order valence-corrected chi connectivity index (χ2v) is 8.62. The zero-order valence-corrected chi connectivity index (χ0v) is 17.6. The van der Waals surface area contributed by atoms with E-state index >= 15 is 0 Å². The highest BCUT2D eigenvalue weighted by Crippen LogP contribution is 2.16. The fourth-order valence-electron chi connectivity index (χ4n) is 3.34. The van der Waals surface area contributed by atoms with Crippen LogP contribution in [-0.4, -0.2) is 88.4 Å². The molecule has 0 spiro atoms. The van der Waals surface area contributed by atoms with Crippen LogP contribution in [0, 0.1) is 11.3 Å². The molecule has 0 aromatic carbocycles. The molecule has 0 aromatic heterocycles. The summed E-state index contributed by atoms with van der Waals surface area (Å²) >= 11 is 0. The van der Waals surface area contributed by atoms with E-state index in [0.29, 0.717) is 5.92 Å². The number of hydrogen-bond acceptors (Lipinski definition) is 4. The summed E-state index contributed by atoms with van der Waals surface area (Å²) in [5.74, 6) is 1.59. The van der Waals surface area contributed by atoms with Gasteiger partial charge in [-0.3, -0.25) is 9.89 Å². The predicted molar refractivity (Wildman–Crippen MR) is 107 cm³/mol. The maximum atomic E-state index is 5.92. The highest BCUT2D eigenvalue weighted by atomic mass is 16.5. The lowest BCUT2D eigenvalue weighted by Crippen LogP contribution is -2.50. The topological polar surface area (TPSA) is 52.1 Å². The van der Waals surface area contributed by atoms with Gasteiger partial charge in [0, 0.05) is 45.8 Å². The summed E-state index contributed by atoms with van der Waals surface area (Å²) < 4.78 is 5.92. The summed E-state index contributed by atoms with van der Waals surface area (Å²) in [6.07, 6.45) is 0.228. The standard InChI is InChI=1S/C19H41N5O/c1-8-20-18(22-14-19(4,5)15-23(6)7)21-11-17-13-24(9-10-25-17)12-16(2)3/h16-17H,8-15H2,1-7H3,(H2,20,21,22). The maximum absolute atomic E-state index is 5.92. The van der Waals surface area contributed by atoms with Crippen molar-refractivity contribution in [1.29, 1.82) is 0 Å². The monoisotopic (exact) mass is 355 g/mol. The minimum atomic E-state index is 0.154. The molecule has 25 heavy (non-hydrogen) atoms. The van der Waals surface area contributed by atoms with Crippen LogP contribution in [0.15, 0.2) is 4.99 Å². The Hall–Kier alpha value is -0.850. The van der Waals surface area contributed by atoms with Crippen LogP contribution in [0.2, 0.25) is 0 Å². The Morgan fingerprint density at radius 1 is 1.32 bits per heavy atom. The van der Waals surface area contributed by atoms with Crippen LogP contribution in [0.3, 0.4) is 0 Å². The summed E-state index contributed by atoms with van der Waals surface area (Å²) in [5, 5.41) is 6.81. The first-order valence-corrected chi connectivity index (χ1v) is 9.72. The molecule has 1 heterocycles. The Labute approximate surface area is 155 Å². The number of morpholine rings is 1. The molecule has 1 aliphatic rings. The average molecular weight is 356 g/mol. The first kappa shape index (κ1) is 22.2. The minimum Gasteiger partial charge on any atom is -0.374 e. The van der Waals surface area contributed by atoms with E-state index in [1.165, 1.54) is 0 Å². The fraction of sp³-hybridized carbons (Fsp3) is 0.947. The van der Waals surface area contributed by atoms with Crippen molar-refractivity contribution in [2.24, 2.45) is 16.3 Å². The average Bonchev–Trinajstić information content (AvgIpc) is 2.48. The molecule has 0 aliphatic carbocycles. The first-order valence-electron chi connectivity index (χ1n) is 9.72. The van der Waals surface area contributed by atoms with Crippen molar-refractivity contribution in [3.05, 3.63) is 0 Å². The molecule has 6 heteroatoms. The van der Waals surface area contributed by atoms with Crippen LogP contribution in [0.25, 0.3) is 0 Å². The quantitative estimate of drug-likeness (QED) is 0.485. The summed E-state index contributed by atoms with van der Waals surface area (Å²) in [4.78, 5) is 9.51. The van der Waals surface area contributed by atoms with Crippen LogP contribution >= 0.6 is 0 Å². The SMILES string of the molecule is CCNC(=NCC(C)(C)CN(C)C)NCC1CN(CC(C)C)CCO1. The molecule has 1 fully saturated rings. The van der Waals surface area contributed by atoms with Gasteiger partial charge in [-0.1, -0.05) is 27.7 Å². The molecule has 0 bridgehead atoms. The van der Waals surface area contributed by atoms with Crippen LogP contribution in [-0.2, 0) is 4.74 Å². The number of nitrogens with zero attached hydrogens (tertiary/aromatic N) is 3. The normalized spacial score (nSPS) is 20.4. The fourth-order valence-corrected chi connectivity index (χ4v) is 3.34. The van der Waals surface area contributed by atoms with Gasteiger partial charge in [-0.2, -0.15) is 0 Å². The molecule has 6 nitrogen and oxygen atoms in total. The lowest BCUT2D eigenvalue weighted by atomic mass is 9.93. The Bertz CT molecular complexity index is 395. The number of guanidine groups is 1. The molecule has 1 atom stereocenters. The minimum absolute atomic E-state index is 0.154. The molecular formula is C19H41N5O. The number of nitrogens with one attached hydrogen (secondary N) is 2. The largest absolute Gasteiger partial charge is 0.374 e. The van der Waals surface area contributed by atoms with Crippen LogP contribution in [0.5, 0.6) is 0 Å². The molecule has 148 valence electrons. The summed E-state index contributed by atoms with van der Waals surface area (Å²) in [6.45, 7) is 18.7. The van der Waals surface area contributed by atoms with E-state index < -0.39 is 0 Å². The van der Waals surface area contributed by atoms with Gasteiger partial charge in [0.15, 0.2) is 5.96 Å². The highest BCUT2D eigenvalue weighted by Gasteiger charge is 2.22. The van der Waals surface area contributed by atoms with Crippen molar-refractivity contribution in [2.75, 3.05) is 66.5 Å². The van der Waals surface area contributed by atoms with Gasteiger partial charge < -0.3 is 20.3 Å². The van der Waals surface area contributed by atoms with Crippen LogP contribution in [0.4, 0.5) is 0 Å². The summed E-state index contributed by atoms with van der Waals surface area (Å²) in [5.41, 5.74) is 0.154. The van der Waals surface area contributed by atoms with Crippen LogP contribution < -0.4 is 10.6 Å². The zero-order chi connectivity index (χ0) is 18.9. The lowest BCUT2D eigenvalue weighted by Gasteiger charge is -2.34. The Kier molecular flexibility index (Phi) is 9.75. The third kappa shape index (κ3) is 10.0. The van der Waals surface area contributed by atoms with Crippen molar-refractivity contribution in [1.82, 2.24) is 20.4 Å². The van der Waals surface area contributed by atoms with Crippen LogP contribution in [0.1, 0.15) is 34.6 Å². The molecule has 0 radical (unpaired) electrons. The smallest absolute Gasteiger partial charge is 0.191 e. The molecule has 1 aliphatic heterocycles. The van der Waals surface area contributed by atoms with Gasteiger partial charge in [0.2, 0.25) is 0 Å². The number of rotatable bonds is 9. The van der Waals surface area contributed by atoms with E-state index in [9.17, 15) is 0 Å². The second-order valence-electron chi connectivity index (χ2n) is 8.62. The Morgan fingerprint density at radius 2 is 2.04 bits per heavy atom. The molecule has 2 N–H and O–H groups in total. The highest BCUT2D eigenvalue weighted by molar-refractivity contribution is 5.79. The molecule has 1 saturated heterocycles. The number of hydrogen-bond donors (Lipinski definition) is 2. The first-order chi connectivity index (χ1) is 11.7. The molecule has 1 rings (SSSR count).